The molecule has 16 heavy (non-hydrogen) atoms. The van der Waals surface area contributed by atoms with Crippen LogP contribution < -0.4 is 10.5 Å². The molecule has 0 bridgehead atoms. The van der Waals surface area contributed by atoms with Crippen LogP contribution in [0.1, 0.15) is 37.4 Å². The first-order chi connectivity index (χ1) is 7.66. The number of hydrogen-bond acceptors (Lipinski definition) is 2. The van der Waals surface area contributed by atoms with E-state index in [1.165, 1.54) is 16.7 Å². The van der Waals surface area contributed by atoms with Crippen LogP contribution in [-0.4, -0.2) is 6.61 Å². The summed E-state index contributed by atoms with van der Waals surface area (Å²) in [7, 11) is 0. The molecule has 0 saturated carbocycles. The summed E-state index contributed by atoms with van der Waals surface area (Å²) in [6.45, 7) is 4.79. The molecule has 2 nitrogen and oxygen atoms in total. The molecule has 1 aliphatic carbocycles. The minimum atomic E-state index is 0.224. The zero-order valence-corrected chi connectivity index (χ0v) is 9.99. The van der Waals surface area contributed by atoms with E-state index in [4.69, 9.17) is 10.5 Å². The predicted octanol–water partition coefficient (Wildman–Crippen LogP) is 2.98. The molecule has 0 aliphatic heterocycles. The van der Waals surface area contributed by atoms with E-state index in [9.17, 15) is 0 Å². The van der Waals surface area contributed by atoms with Crippen LogP contribution in [0, 0.1) is 0 Å². The molecular weight excluding hydrogens is 198 g/mol. The second-order valence-electron chi connectivity index (χ2n) is 4.60. The Morgan fingerprint density at radius 2 is 2.31 bits per heavy atom. The smallest absolute Gasteiger partial charge is 0.120 e. The first kappa shape index (κ1) is 11.2. The fourth-order valence-electron chi connectivity index (χ4n) is 2.02. The molecule has 0 fully saturated rings. The molecule has 86 valence electrons. The molecule has 1 atom stereocenters. The van der Waals surface area contributed by atoms with Crippen molar-refractivity contribution in [2.24, 2.45) is 5.73 Å². The van der Waals surface area contributed by atoms with E-state index in [0.29, 0.717) is 6.61 Å². The lowest BCUT2D eigenvalue weighted by atomic mass is 10.1. The van der Waals surface area contributed by atoms with E-state index in [1.807, 2.05) is 6.07 Å². The number of ether oxygens (including phenoxy) is 1. The fourth-order valence-corrected chi connectivity index (χ4v) is 2.02. The van der Waals surface area contributed by atoms with Crippen molar-refractivity contribution in [1.29, 1.82) is 0 Å². The summed E-state index contributed by atoms with van der Waals surface area (Å²) in [6, 6.07) is 6.47. The SMILES string of the molecule is CC(C)=CCOc1ccc2c(c1)CC[C@@H]2N. The Balaban J connectivity index is 2.05. The van der Waals surface area contributed by atoms with E-state index in [-0.39, 0.29) is 6.04 Å². The van der Waals surface area contributed by atoms with Crippen molar-refractivity contribution in [2.75, 3.05) is 6.61 Å². The molecule has 2 N–H and O–H groups in total. The maximum atomic E-state index is 5.99. The highest BCUT2D eigenvalue weighted by atomic mass is 16.5. The van der Waals surface area contributed by atoms with Gasteiger partial charge in [-0.25, -0.2) is 0 Å². The molecule has 2 heteroatoms. The van der Waals surface area contributed by atoms with Gasteiger partial charge in [0.15, 0.2) is 0 Å². The van der Waals surface area contributed by atoms with Crippen molar-refractivity contribution < 1.29 is 4.74 Å². The van der Waals surface area contributed by atoms with Crippen molar-refractivity contribution in [2.45, 2.75) is 32.7 Å². The van der Waals surface area contributed by atoms with Gasteiger partial charge in [-0.15, -0.1) is 0 Å². The van der Waals surface area contributed by atoms with Crippen molar-refractivity contribution in [1.82, 2.24) is 0 Å². The molecule has 0 radical (unpaired) electrons. The van der Waals surface area contributed by atoms with Crippen LogP contribution in [-0.2, 0) is 6.42 Å². The summed E-state index contributed by atoms with van der Waals surface area (Å²) >= 11 is 0. The summed E-state index contributed by atoms with van der Waals surface area (Å²) in [4.78, 5) is 0. The minimum absolute atomic E-state index is 0.224. The van der Waals surface area contributed by atoms with Gasteiger partial charge in [-0.3, -0.25) is 0 Å². The largest absolute Gasteiger partial charge is 0.490 e. The lowest BCUT2D eigenvalue weighted by Gasteiger charge is -2.08. The molecule has 0 unspecified atom stereocenters. The highest BCUT2D eigenvalue weighted by Gasteiger charge is 2.18. The lowest BCUT2D eigenvalue weighted by molar-refractivity contribution is 0.361. The molecular formula is C14H19NO. The number of rotatable bonds is 3. The monoisotopic (exact) mass is 217 g/mol. The van der Waals surface area contributed by atoms with Crippen LogP contribution >= 0.6 is 0 Å². The Morgan fingerprint density at radius 1 is 1.50 bits per heavy atom. The van der Waals surface area contributed by atoms with Crippen LogP contribution in [0.25, 0.3) is 0 Å². The first-order valence-electron chi connectivity index (χ1n) is 5.81. The Labute approximate surface area is 97.1 Å². The molecule has 0 saturated heterocycles. The molecule has 1 aliphatic rings. The van der Waals surface area contributed by atoms with Gasteiger partial charge in [0, 0.05) is 6.04 Å². The molecule has 1 aromatic rings. The highest BCUT2D eigenvalue weighted by molar-refractivity contribution is 5.40. The van der Waals surface area contributed by atoms with E-state index >= 15 is 0 Å². The second-order valence-corrected chi connectivity index (χ2v) is 4.60. The van der Waals surface area contributed by atoms with E-state index < -0.39 is 0 Å². The Hall–Kier alpha value is -1.28. The van der Waals surface area contributed by atoms with Gasteiger partial charge in [0.05, 0.1) is 0 Å². The van der Waals surface area contributed by atoms with Crippen LogP contribution in [0.3, 0.4) is 0 Å². The second kappa shape index (κ2) is 4.71. The van der Waals surface area contributed by atoms with Gasteiger partial charge in [-0.2, -0.15) is 0 Å². The summed E-state index contributed by atoms with van der Waals surface area (Å²) in [5.41, 5.74) is 9.90. The number of aryl methyl sites for hydroxylation is 1. The zero-order chi connectivity index (χ0) is 11.5. The molecule has 0 amide bonds. The molecule has 1 aromatic carbocycles. The molecule has 0 heterocycles. The van der Waals surface area contributed by atoms with Gasteiger partial charge in [0.25, 0.3) is 0 Å². The lowest BCUT2D eigenvalue weighted by Crippen LogP contribution is -2.05. The third-order valence-electron chi connectivity index (χ3n) is 2.98. The van der Waals surface area contributed by atoms with Gasteiger partial charge >= 0.3 is 0 Å². The fraction of sp³-hybridized carbons (Fsp3) is 0.429. The maximum Gasteiger partial charge on any atom is 0.120 e. The summed E-state index contributed by atoms with van der Waals surface area (Å²) in [5, 5.41) is 0. The van der Waals surface area contributed by atoms with Crippen LogP contribution in [0.4, 0.5) is 0 Å². The van der Waals surface area contributed by atoms with Crippen molar-refractivity contribution in [3.05, 3.63) is 41.0 Å². The van der Waals surface area contributed by atoms with E-state index in [1.54, 1.807) is 0 Å². The Bertz CT molecular complexity index is 405. The number of hydrogen-bond donors (Lipinski definition) is 1. The van der Waals surface area contributed by atoms with Gasteiger partial charge < -0.3 is 10.5 Å². The Morgan fingerprint density at radius 3 is 3.06 bits per heavy atom. The third kappa shape index (κ3) is 2.45. The average Bonchev–Trinajstić information content (AvgIpc) is 2.60. The normalized spacial score (nSPS) is 18.1. The average molecular weight is 217 g/mol. The van der Waals surface area contributed by atoms with E-state index in [2.05, 4.69) is 32.1 Å². The topological polar surface area (TPSA) is 35.2 Å². The van der Waals surface area contributed by atoms with Crippen molar-refractivity contribution in [3.63, 3.8) is 0 Å². The zero-order valence-electron chi connectivity index (χ0n) is 9.99. The number of allylic oxidation sites excluding steroid dienone is 1. The first-order valence-corrected chi connectivity index (χ1v) is 5.81. The minimum Gasteiger partial charge on any atom is -0.490 e. The van der Waals surface area contributed by atoms with Crippen LogP contribution in [0.15, 0.2) is 29.8 Å². The van der Waals surface area contributed by atoms with Gasteiger partial charge in [0.2, 0.25) is 0 Å². The van der Waals surface area contributed by atoms with Crippen LogP contribution in [0.5, 0.6) is 5.75 Å². The summed E-state index contributed by atoms with van der Waals surface area (Å²) in [5.74, 6) is 0.949. The van der Waals surface area contributed by atoms with Crippen LogP contribution in [0.2, 0.25) is 0 Å². The number of benzene rings is 1. The summed E-state index contributed by atoms with van der Waals surface area (Å²) < 4.78 is 5.66. The van der Waals surface area contributed by atoms with Crippen molar-refractivity contribution >= 4 is 0 Å². The predicted molar refractivity (Wildman–Crippen MR) is 66.6 cm³/mol. The molecule has 0 spiro atoms. The van der Waals surface area contributed by atoms with Crippen molar-refractivity contribution in [3.8, 4) is 5.75 Å². The Kier molecular flexibility index (Phi) is 3.30. The quantitative estimate of drug-likeness (QED) is 0.790. The van der Waals surface area contributed by atoms with Gasteiger partial charge in [-0.1, -0.05) is 11.6 Å². The molecule has 0 aromatic heterocycles. The maximum absolute atomic E-state index is 5.99. The number of fused-ring (bicyclic) bond motifs is 1. The van der Waals surface area contributed by atoms with Gasteiger partial charge in [-0.05, 0) is 56.0 Å². The number of nitrogens with two attached hydrogens (primary N) is 1. The third-order valence-corrected chi connectivity index (χ3v) is 2.98. The van der Waals surface area contributed by atoms with Gasteiger partial charge in [0.1, 0.15) is 12.4 Å². The standard InChI is InChI=1S/C14H19NO/c1-10(2)7-8-16-12-4-5-13-11(9-12)3-6-14(13)15/h4-5,7,9,14H,3,6,8,15H2,1-2H3/t14-/m0/s1. The summed E-state index contributed by atoms with van der Waals surface area (Å²) in [6.07, 6.45) is 4.22. The highest BCUT2D eigenvalue weighted by Crippen LogP contribution is 2.31. The molecule has 2 rings (SSSR count). The van der Waals surface area contributed by atoms with E-state index in [0.717, 1.165) is 18.6 Å².